The molecule has 204 valence electrons. The molecule has 1 aromatic carbocycles. The Balaban J connectivity index is 1.59. The minimum Gasteiger partial charge on any atom is -0.364 e. The number of hydrogen-bond donors (Lipinski definition) is 0. The fourth-order valence-corrected chi connectivity index (χ4v) is 6.13. The van der Waals surface area contributed by atoms with Crippen LogP contribution in [0.5, 0.6) is 0 Å². The molecule has 0 aliphatic carbocycles. The van der Waals surface area contributed by atoms with Gasteiger partial charge in [0, 0.05) is 16.0 Å². The number of Topliss-reactive ketones (excluding diaryl/α,β-unsaturated/α-hetero) is 1. The van der Waals surface area contributed by atoms with Gasteiger partial charge in [-0.2, -0.15) is 9.78 Å². The number of carbonyl (C=O) groups is 2. The Morgan fingerprint density at radius 3 is 2.50 bits per heavy atom. The first-order chi connectivity index (χ1) is 19.1. The number of thiophene rings is 1. The van der Waals surface area contributed by atoms with Gasteiger partial charge in [0.1, 0.15) is 11.3 Å². The van der Waals surface area contributed by atoms with E-state index in [4.69, 9.17) is 16.1 Å². The summed E-state index contributed by atoms with van der Waals surface area (Å²) >= 11 is 9.01. The molecule has 11 heteroatoms. The Labute approximate surface area is 243 Å². The third-order valence-corrected chi connectivity index (χ3v) is 8.53. The average molecular weight is 593 g/mol. The van der Waals surface area contributed by atoms with E-state index >= 15 is 0 Å². The Kier molecular flexibility index (Phi) is 7.93. The van der Waals surface area contributed by atoms with Crippen LogP contribution in [0.2, 0.25) is 4.34 Å². The molecule has 40 heavy (non-hydrogen) atoms. The Morgan fingerprint density at radius 1 is 1.07 bits per heavy atom. The Bertz CT molecular complexity index is 1730. The fourth-order valence-electron chi connectivity index (χ4n) is 4.00. The molecule has 0 bridgehead atoms. The van der Waals surface area contributed by atoms with Crippen LogP contribution < -0.4 is 5.56 Å². The van der Waals surface area contributed by atoms with Crippen molar-refractivity contribution in [3.63, 3.8) is 0 Å². The largest absolute Gasteiger partial charge is 0.364 e. The number of carbonyl (C=O) groups excluding carboxylic acids is 2. The van der Waals surface area contributed by atoms with Crippen molar-refractivity contribution in [3.05, 3.63) is 98.3 Å². The highest BCUT2D eigenvalue weighted by molar-refractivity contribution is 7.98. The molecule has 4 aromatic heterocycles. The number of hydrogen-bond acceptors (Lipinski definition) is 8. The first kappa shape index (κ1) is 27.8. The Hall–Kier alpha value is -3.73. The molecule has 0 spiro atoms. The van der Waals surface area contributed by atoms with Crippen molar-refractivity contribution >= 4 is 46.4 Å². The monoisotopic (exact) mass is 592 g/mol. The first-order valence-corrected chi connectivity index (χ1v) is 14.5. The second-order valence-corrected chi connectivity index (χ2v) is 12.9. The van der Waals surface area contributed by atoms with Gasteiger partial charge in [-0.3, -0.25) is 19.0 Å². The van der Waals surface area contributed by atoms with Gasteiger partial charge in [0.05, 0.1) is 39.6 Å². The lowest BCUT2D eigenvalue weighted by molar-refractivity contribution is 0.0736. The van der Waals surface area contributed by atoms with Gasteiger partial charge in [0.25, 0.3) is 11.5 Å². The maximum absolute atomic E-state index is 14.0. The van der Waals surface area contributed by atoms with Gasteiger partial charge < -0.3 is 4.52 Å². The molecule has 0 aliphatic rings. The summed E-state index contributed by atoms with van der Waals surface area (Å²) in [6.07, 6.45) is 2.58. The molecule has 0 aliphatic heterocycles. The standard InChI is InChI=1S/C29H25ClN4O4S2/c1-29(2,3)28(37)34-26(39-17-20-9-12-25(30)40-20)13-22(32-34)21-10-11-23(18-7-5-4-6-8-18)33(27(21)36)15-24(35)19-14-31-38-16-19/h4-14,16H,15,17H2,1-3H3. The van der Waals surface area contributed by atoms with Crippen LogP contribution in [0.4, 0.5) is 0 Å². The summed E-state index contributed by atoms with van der Waals surface area (Å²) in [6.45, 7) is 5.24. The molecule has 8 nitrogen and oxygen atoms in total. The van der Waals surface area contributed by atoms with E-state index in [-0.39, 0.29) is 29.4 Å². The zero-order valence-electron chi connectivity index (χ0n) is 22.0. The van der Waals surface area contributed by atoms with Crippen LogP contribution in [-0.2, 0) is 12.3 Å². The van der Waals surface area contributed by atoms with Gasteiger partial charge >= 0.3 is 0 Å². The number of thioether (sulfide) groups is 1. The molecule has 5 aromatic rings. The number of aromatic nitrogens is 4. The topological polar surface area (TPSA) is 100.0 Å². The quantitative estimate of drug-likeness (QED) is 0.142. The van der Waals surface area contributed by atoms with E-state index in [0.717, 1.165) is 10.4 Å². The lowest BCUT2D eigenvalue weighted by Gasteiger charge is -2.17. The van der Waals surface area contributed by atoms with E-state index in [1.807, 2.05) is 63.2 Å². The molecule has 0 amide bonds. The number of halogens is 1. The highest BCUT2D eigenvalue weighted by atomic mass is 35.5. The van der Waals surface area contributed by atoms with Crippen molar-refractivity contribution in [2.24, 2.45) is 5.41 Å². The first-order valence-electron chi connectivity index (χ1n) is 12.4. The van der Waals surface area contributed by atoms with Crippen LogP contribution >= 0.6 is 34.7 Å². The summed E-state index contributed by atoms with van der Waals surface area (Å²) in [5, 5.41) is 8.81. The number of rotatable bonds is 8. The maximum Gasteiger partial charge on any atom is 0.260 e. The predicted molar refractivity (Wildman–Crippen MR) is 157 cm³/mol. The van der Waals surface area contributed by atoms with Crippen LogP contribution in [0.15, 0.2) is 87.5 Å². The van der Waals surface area contributed by atoms with E-state index < -0.39 is 11.0 Å². The highest BCUT2D eigenvalue weighted by Gasteiger charge is 2.28. The lowest BCUT2D eigenvalue weighted by atomic mass is 9.96. The number of nitrogens with zero attached hydrogens (tertiary/aromatic N) is 4. The number of ketones is 1. The smallest absolute Gasteiger partial charge is 0.260 e. The van der Waals surface area contributed by atoms with Crippen LogP contribution in [0.1, 0.15) is 40.8 Å². The maximum atomic E-state index is 14.0. The van der Waals surface area contributed by atoms with Crippen LogP contribution in [-0.4, -0.2) is 31.2 Å². The van der Waals surface area contributed by atoms with E-state index in [1.165, 1.54) is 44.8 Å². The van der Waals surface area contributed by atoms with E-state index in [2.05, 4.69) is 10.3 Å². The molecule has 0 fully saturated rings. The van der Waals surface area contributed by atoms with Crippen LogP contribution in [0.3, 0.4) is 0 Å². The third-order valence-electron chi connectivity index (χ3n) is 6.08. The average Bonchev–Trinajstić information content (AvgIpc) is 3.69. The van der Waals surface area contributed by atoms with Crippen LogP contribution in [0.25, 0.3) is 22.5 Å². The predicted octanol–water partition coefficient (Wildman–Crippen LogP) is 6.94. The summed E-state index contributed by atoms with van der Waals surface area (Å²) < 4.78 is 8.30. The molecular weight excluding hydrogens is 568 g/mol. The minimum atomic E-state index is -0.701. The molecule has 0 radical (unpaired) electrons. The van der Waals surface area contributed by atoms with Crippen molar-refractivity contribution in [1.29, 1.82) is 0 Å². The van der Waals surface area contributed by atoms with E-state index in [1.54, 1.807) is 18.2 Å². The molecule has 0 unspecified atom stereocenters. The molecule has 0 saturated heterocycles. The molecule has 0 saturated carbocycles. The Morgan fingerprint density at radius 2 is 1.85 bits per heavy atom. The summed E-state index contributed by atoms with van der Waals surface area (Å²) in [4.78, 5) is 41.3. The van der Waals surface area contributed by atoms with E-state index in [0.29, 0.717) is 26.5 Å². The van der Waals surface area contributed by atoms with Gasteiger partial charge in [-0.15, -0.1) is 23.1 Å². The zero-order valence-corrected chi connectivity index (χ0v) is 24.3. The molecule has 0 atom stereocenters. The summed E-state index contributed by atoms with van der Waals surface area (Å²) in [5.41, 5.74) is 1.15. The molecular formula is C29H25ClN4O4S2. The van der Waals surface area contributed by atoms with Crippen molar-refractivity contribution < 1.29 is 14.1 Å². The summed E-state index contributed by atoms with van der Waals surface area (Å²) in [6, 6.07) is 18.4. The molecule has 0 N–H and O–H groups in total. The second kappa shape index (κ2) is 11.4. The second-order valence-electron chi connectivity index (χ2n) is 10.1. The van der Waals surface area contributed by atoms with Crippen molar-refractivity contribution in [2.75, 3.05) is 0 Å². The zero-order chi connectivity index (χ0) is 28.4. The van der Waals surface area contributed by atoms with Gasteiger partial charge in [0.2, 0.25) is 0 Å². The summed E-state index contributed by atoms with van der Waals surface area (Å²) in [5.74, 6) is 0.0657. The molecule has 5 rings (SSSR count). The fraction of sp³-hybridized carbons (Fsp3) is 0.207. The van der Waals surface area contributed by atoms with Crippen molar-refractivity contribution in [2.45, 2.75) is 38.1 Å². The van der Waals surface area contributed by atoms with Gasteiger partial charge in [-0.25, -0.2) is 0 Å². The minimum absolute atomic E-state index is 0.200. The third kappa shape index (κ3) is 5.89. The van der Waals surface area contributed by atoms with Crippen LogP contribution in [0, 0.1) is 5.41 Å². The van der Waals surface area contributed by atoms with Crippen molar-refractivity contribution in [3.8, 4) is 22.5 Å². The van der Waals surface area contributed by atoms with Gasteiger partial charge in [0.15, 0.2) is 5.78 Å². The number of benzene rings is 1. The normalized spacial score (nSPS) is 11.6. The van der Waals surface area contributed by atoms with Crippen molar-refractivity contribution in [1.82, 2.24) is 19.5 Å². The highest BCUT2D eigenvalue weighted by Crippen LogP contribution is 2.33. The molecule has 4 heterocycles. The summed E-state index contributed by atoms with van der Waals surface area (Å²) in [7, 11) is 0. The lowest BCUT2D eigenvalue weighted by Crippen LogP contribution is -2.29. The SMILES string of the molecule is CC(C)(C)C(=O)n1nc(-c2ccc(-c3ccccc3)n(CC(=O)c3cnoc3)c2=O)cc1SCc1ccc(Cl)s1. The van der Waals surface area contributed by atoms with Gasteiger partial charge in [-0.1, -0.05) is 67.9 Å². The van der Waals surface area contributed by atoms with Gasteiger partial charge in [-0.05, 0) is 35.9 Å². The van der Waals surface area contributed by atoms with E-state index in [9.17, 15) is 14.4 Å². The number of pyridine rings is 1.